The first-order valence-corrected chi connectivity index (χ1v) is 7.55. The van der Waals surface area contributed by atoms with E-state index in [9.17, 15) is 14.9 Å². The van der Waals surface area contributed by atoms with Crippen molar-refractivity contribution in [1.29, 1.82) is 0 Å². The number of nitrogens with one attached hydrogen (secondary N) is 1. The van der Waals surface area contributed by atoms with Gasteiger partial charge in [-0.2, -0.15) is 0 Å². The Hall–Kier alpha value is -3.09. The average molecular weight is 327 g/mol. The van der Waals surface area contributed by atoms with E-state index in [1.807, 2.05) is 30.3 Å². The van der Waals surface area contributed by atoms with E-state index in [1.54, 1.807) is 11.0 Å². The maximum Gasteiger partial charge on any atom is 0.311 e. The molecular formula is C17H17N3O4. The summed E-state index contributed by atoms with van der Waals surface area (Å²) in [4.78, 5) is 24.7. The van der Waals surface area contributed by atoms with Gasteiger partial charge in [-0.05, 0) is 24.6 Å². The lowest BCUT2D eigenvalue weighted by Gasteiger charge is -2.18. The minimum Gasteiger partial charge on any atom is -0.490 e. The number of nitro groups is 1. The Morgan fingerprint density at radius 1 is 1.25 bits per heavy atom. The Morgan fingerprint density at radius 3 is 2.67 bits per heavy atom. The summed E-state index contributed by atoms with van der Waals surface area (Å²) in [7, 11) is 1.38. The SMILES string of the molecule is COc1cc(NC2CCN(c3ccccc3)C2=O)ccc1[N+](=O)[O-]. The molecule has 1 unspecified atom stereocenters. The number of amides is 1. The van der Waals surface area contributed by atoms with Crippen LogP contribution in [0.15, 0.2) is 48.5 Å². The maximum atomic E-state index is 12.6. The van der Waals surface area contributed by atoms with Crippen molar-refractivity contribution in [3.63, 3.8) is 0 Å². The molecule has 24 heavy (non-hydrogen) atoms. The van der Waals surface area contributed by atoms with Crippen LogP contribution in [0.25, 0.3) is 0 Å². The molecule has 1 amide bonds. The number of nitro benzene ring substituents is 1. The number of hydrogen-bond donors (Lipinski definition) is 1. The minimum absolute atomic E-state index is 0.0153. The first kappa shape index (κ1) is 15.8. The van der Waals surface area contributed by atoms with Crippen molar-refractivity contribution in [3.8, 4) is 5.75 Å². The lowest BCUT2D eigenvalue weighted by atomic mass is 10.2. The fraction of sp³-hybridized carbons (Fsp3) is 0.235. The fourth-order valence-corrected chi connectivity index (χ4v) is 2.80. The summed E-state index contributed by atoms with van der Waals surface area (Å²) in [6, 6.07) is 13.6. The third kappa shape index (κ3) is 3.01. The highest BCUT2D eigenvalue weighted by atomic mass is 16.6. The summed E-state index contributed by atoms with van der Waals surface area (Å²) in [5.74, 6) is 0.147. The van der Waals surface area contributed by atoms with Gasteiger partial charge in [-0.3, -0.25) is 14.9 Å². The Morgan fingerprint density at radius 2 is 2.00 bits per heavy atom. The number of anilines is 2. The molecule has 0 aromatic heterocycles. The smallest absolute Gasteiger partial charge is 0.311 e. The third-order valence-electron chi connectivity index (χ3n) is 3.99. The van der Waals surface area contributed by atoms with E-state index in [1.165, 1.54) is 19.2 Å². The van der Waals surface area contributed by atoms with E-state index in [2.05, 4.69) is 5.32 Å². The van der Waals surface area contributed by atoms with Crippen LogP contribution in [0.1, 0.15) is 6.42 Å². The van der Waals surface area contributed by atoms with Crippen LogP contribution in [0.5, 0.6) is 5.75 Å². The van der Waals surface area contributed by atoms with Gasteiger partial charge in [0.25, 0.3) is 0 Å². The lowest BCUT2D eigenvalue weighted by molar-refractivity contribution is -0.385. The molecule has 3 rings (SSSR count). The second-order valence-electron chi connectivity index (χ2n) is 5.45. The van der Waals surface area contributed by atoms with Crippen LogP contribution in [0.3, 0.4) is 0 Å². The van der Waals surface area contributed by atoms with Gasteiger partial charge in [0, 0.05) is 30.1 Å². The molecule has 1 atom stereocenters. The van der Waals surface area contributed by atoms with Gasteiger partial charge in [-0.25, -0.2) is 0 Å². The molecule has 2 aromatic carbocycles. The zero-order valence-corrected chi connectivity index (χ0v) is 13.1. The molecule has 0 aliphatic carbocycles. The number of carbonyl (C=O) groups excluding carboxylic acids is 1. The second kappa shape index (κ2) is 6.57. The van der Waals surface area contributed by atoms with E-state index in [4.69, 9.17) is 4.74 Å². The summed E-state index contributed by atoms with van der Waals surface area (Å²) in [6.45, 7) is 0.630. The molecule has 7 nitrogen and oxygen atoms in total. The van der Waals surface area contributed by atoms with Crippen molar-refractivity contribution in [2.75, 3.05) is 23.9 Å². The highest BCUT2D eigenvalue weighted by molar-refractivity contribution is 6.01. The lowest BCUT2D eigenvalue weighted by Crippen LogP contribution is -2.33. The van der Waals surface area contributed by atoms with Gasteiger partial charge in [0.1, 0.15) is 6.04 Å². The number of para-hydroxylation sites is 1. The van der Waals surface area contributed by atoms with E-state index in [0.717, 1.165) is 5.69 Å². The van der Waals surface area contributed by atoms with Gasteiger partial charge in [0.2, 0.25) is 5.91 Å². The van der Waals surface area contributed by atoms with E-state index in [0.29, 0.717) is 18.7 Å². The molecular weight excluding hydrogens is 310 g/mol. The van der Waals surface area contributed by atoms with Gasteiger partial charge in [0.15, 0.2) is 5.75 Å². The highest BCUT2D eigenvalue weighted by Gasteiger charge is 2.32. The topological polar surface area (TPSA) is 84.7 Å². The van der Waals surface area contributed by atoms with Gasteiger partial charge in [-0.15, -0.1) is 0 Å². The first-order chi connectivity index (χ1) is 11.6. The van der Waals surface area contributed by atoms with Crippen molar-refractivity contribution >= 4 is 23.0 Å². The highest BCUT2D eigenvalue weighted by Crippen LogP contribution is 2.31. The molecule has 1 heterocycles. The van der Waals surface area contributed by atoms with Crippen LogP contribution in [0.4, 0.5) is 17.1 Å². The van der Waals surface area contributed by atoms with Crippen LogP contribution in [-0.4, -0.2) is 30.5 Å². The minimum atomic E-state index is -0.500. The number of rotatable bonds is 5. The first-order valence-electron chi connectivity index (χ1n) is 7.55. The van der Waals surface area contributed by atoms with Gasteiger partial charge in [-0.1, -0.05) is 18.2 Å². The van der Waals surface area contributed by atoms with Crippen LogP contribution in [0.2, 0.25) is 0 Å². The van der Waals surface area contributed by atoms with Gasteiger partial charge in [0.05, 0.1) is 12.0 Å². The predicted octanol–water partition coefficient (Wildman–Crippen LogP) is 2.82. The molecule has 1 N–H and O–H groups in total. The zero-order valence-electron chi connectivity index (χ0n) is 13.1. The number of nitrogens with zero attached hydrogens (tertiary/aromatic N) is 2. The largest absolute Gasteiger partial charge is 0.490 e. The summed E-state index contributed by atoms with van der Waals surface area (Å²) in [5.41, 5.74) is 1.38. The van der Waals surface area contributed by atoms with E-state index in [-0.39, 0.29) is 23.4 Å². The van der Waals surface area contributed by atoms with Crippen molar-refractivity contribution in [2.24, 2.45) is 0 Å². The molecule has 0 saturated carbocycles. The van der Waals surface area contributed by atoms with Crippen LogP contribution in [0, 0.1) is 10.1 Å². The third-order valence-corrected chi connectivity index (χ3v) is 3.99. The summed E-state index contributed by atoms with van der Waals surface area (Å²) >= 11 is 0. The zero-order chi connectivity index (χ0) is 17.1. The Balaban J connectivity index is 1.75. The average Bonchev–Trinajstić information content (AvgIpc) is 2.96. The Labute approximate surface area is 139 Å². The molecule has 124 valence electrons. The van der Waals surface area contributed by atoms with E-state index >= 15 is 0 Å². The van der Waals surface area contributed by atoms with Crippen LogP contribution in [-0.2, 0) is 4.79 Å². The monoisotopic (exact) mass is 327 g/mol. The van der Waals surface area contributed by atoms with Crippen molar-refractivity contribution in [2.45, 2.75) is 12.5 Å². The number of benzene rings is 2. The fourth-order valence-electron chi connectivity index (χ4n) is 2.80. The van der Waals surface area contributed by atoms with Crippen molar-refractivity contribution < 1.29 is 14.5 Å². The van der Waals surface area contributed by atoms with Crippen LogP contribution < -0.4 is 15.0 Å². The van der Waals surface area contributed by atoms with Crippen molar-refractivity contribution in [3.05, 3.63) is 58.6 Å². The number of methoxy groups -OCH3 is 1. The summed E-state index contributed by atoms with van der Waals surface area (Å²) < 4.78 is 5.05. The summed E-state index contributed by atoms with van der Waals surface area (Å²) in [5, 5.41) is 14.1. The molecule has 0 radical (unpaired) electrons. The maximum absolute atomic E-state index is 12.6. The molecule has 0 spiro atoms. The van der Waals surface area contributed by atoms with Gasteiger partial charge < -0.3 is 15.0 Å². The van der Waals surface area contributed by atoms with E-state index < -0.39 is 4.92 Å². The number of ether oxygens (including phenoxy) is 1. The quantitative estimate of drug-likeness (QED) is 0.674. The number of hydrogen-bond acceptors (Lipinski definition) is 5. The Kier molecular flexibility index (Phi) is 4.33. The molecule has 1 aliphatic heterocycles. The van der Waals surface area contributed by atoms with Gasteiger partial charge >= 0.3 is 5.69 Å². The molecule has 1 aliphatic rings. The number of carbonyl (C=O) groups is 1. The van der Waals surface area contributed by atoms with Crippen molar-refractivity contribution in [1.82, 2.24) is 0 Å². The molecule has 1 fully saturated rings. The van der Waals surface area contributed by atoms with Crippen LogP contribution >= 0.6 is 0 Å². The molecule has 7 heteroatoms. The predicted molar refractivity (Wildman–Crippen MR) is 90.5 cm³/mol. The normalized spacial score (nSPS) is 17.0. The second-order valence-corrected chi connectivity index (χ2v) is 5.45. The summed E-state index contributed by atoms with van der Waals surface area (Å²) in [6.07, 6.45) is 0.660. The molecule has 0 bridgehead atoms. The molecule has 2 aromatic rings. The standard InChI is InChI=1S/C17H17N3O4/c1-24-16-11-12(7-8-15(16)20(22)23)18-14-9-10-19(17(14)21)13-5-3-2-4-6-13/h2-8,11,14,18H,9-10H2,1H3. The molecule has 1 saturated heterocycles. The Bertz CT molecular complexity index is 764.